The van der Waals surface area contributed by atoms with Crippen molar-refractivity contribution in [3.05, 3.63) is 0 Å². The fraction of sp³-hybridized carbons (Fsp3) is 0.933. The SMILES string of the molecule is CCCCCCCCCCCC(=O)OC(COC(=O)CCCCCCCCCC)CN1CCSCC1. The number of carbonyl (C=O) groups excluding carboxylic acids is 2. The zero-order valence-electron chi connectivity index (χ0n) is 23.7. The second-order valence-corrected chi connectivity index (χ2v) is 11.7. The van der Waals surface area contributed by atoms with Gasteiger partial charge in [-0.05, 0) is 12.8 Å². The second-order valence-electron chi connectivity index (χ2n) is 10.5. The quantitative estimate of drug-likeness (QED) is 0.0938. The van der Waals surface area contributed by atoms with Crippen LogP contribution in [0.5, 0.6) is 0 Å². The molecule has 6 heteroatoms. The highest BCUT2D eigenvalue weighted by molar-refractivity contribution is 7.99. The fourth-order valence-corrected chi connectivity index (χ4v) is 5.66. The van der Waals surface area contributed by atoms with E-state index in [0.29, 0.717) is 19.4 Å². The van der Waals surface area contributed by atoms with Crippen molar-refractivity contribution in [2.24, 2.45) is 0 Å². The lowest BCUT2D eigenvalue weighted by Crippen LogP contribution is -2.42. The number of rotatable bonds is 24. The van der Waals surface area contributed by atoms with Crippen LogP contribution < -0.4 is 0 Å². The molecular formula is C30H57NO4S. The summed E-state index contributed by atoms with van der Waals surface area (Å²) in [6.45, 7) is 7.34. The van der Waals surface area contributed by atoms with E-state index in [1.54, 1.807) is 0 Å². The van der Waals surface area contributed by atoms with Crippen LogP contribution in [0.25, 0.3) is 0 Å². The molecule has 0 aliphatic carbocycles. The lowest BCUT2D eigenvalue weighted by atomic mass is 10.1. The van der Waals surface area contributed by atoms with E-state index in [1.807, 2.05) is 11.8 Å². The summed E-state index contributed by atoms with van der Waals surface area (Å²) < 4.78 is 11.4. The summed E-state index contributed by atoms with van der Waals surface area (Å²) in [6, 6.07) is 0. The molecule has 0 aromatic heterocycles. The van der Waals surface area contributed by atoms with E-state index in [-0.39, 0.29) is 24.6 Å². The Labute approximate surface area is 227 Å². The van der Waals surface area contributed by atoms with Crippen LogP contribution in [0.4, 0.5) is 0 Å². The highest BCUT2D eigenvalue weighted by atomic mass is 32.2. The van der Waals surface area contributed by atoms with Gasteiger partial charge in [-0.25, -0.2) is 0 Å². The molecule has 0 bridgehead atoms. The first-order chi connectivity index (χ1) is 17.7. The second kappa shape index (κ2) is 24.6. The summed E-state index contributed by atoms with van der Waals surface area (Å²) in [4.78, 5) is 27.1. The molecule has 1 atom stereocenters. The molecule has 0 radical (unpaired) electrons. The zero-order valence-corrected chi connectivity index (χ0v) is 24.6. The van der Waals surface area contributed by atoms with Crippen molar-refractivity contribution in [3.63, 3.8) is 0 Å². The van der Waals surface area contributed by atoms with Gasteiger partial charge in [0, 0.05) is 44.0 Å². The minimum atomic E-state index is -0.360. The van der Waals surface area contributed by atoms with Gasteiger partial charge in [-0.1, -0.05) is 110 Å². The third-order valence-electron chi connectivity index (χ3n) is 7.01. The highest BCUT2D eigenvalue weighted by Gasteiger charge is 2.21. The number of thioether (sulfide) groups is 1. The lowest BCUT2D eigenvalue weighted by Gasteiger charge is -2.29. The Kier molecular flexibility index (Phi) is 22.7. The predicted molar refractivity (Wildman–Crippen MR) is 154 cm³/mol. The Morgan fingerprint density at radius 1 is 0.667 bits per heavy atom. The van der Waals surface area contributed by atoms with E-state index in [1.165, 1.54) is 83.5 Å². The molecule has 0 amide bonds. The molecule has 5 nitrogen and oxygen atoms in total. The number of hydrogen-bond donors (Lipinski definition) is 0. The van der Waals surface area contributed by atoms with Crippen molar-refractivity contribution < 1.29 is 19.1 Å². The van der Waals surface area contributed by atoms with E-state index >= 15 is 0 Å². The van der Waals surface area contributed by atoms with Crippen LogP contribution in [-0.2, 0) is 19.1 Å². The third-order valence-corrected chi connectivity index (χ3v) is 7.96. The van der Waals surface area contributed by atoms with Crippen LogP contribution >= 0.6 is 11.8 Å². The van der Waals surface area contributed by atoms with Crippen molar-refractivity contribution in [1.29, 1.82) is 0 Å². The Hall–Kier alpha value is -0.750. The van der Waals surface area contributed by atoms with Crippen LogP contribution in [0.15, 0.2) is 0 Å². The number of ether oxygens (including phenoxy) is 2. The molecule has 212 valence electrons. The Morgan fingerprint density at radius 2 is 1.11 bits per heavy atom. The molecule has 1 saturated heterocycles. The molecule has 1 aliphatic rings. The summed E-state index contributed by atoms with van der Waals surface area (Å²) in [7, 11) is 0. The van der Waals surface area contributed by atoms with Crippen LogP contribution in [0.1, 0.15) is 136 Å². The third kappa shape index (κ3) is 20.3. The molecule has 0 aromatic carbocycles. The Morgan fingerprint density at radius 3 is 1.61 bits per heavy atom. The number of nitrogens with zero attached hydrogens (tertiary/aromatic N) is 1. The number of esters is 2. The maximum absolute atomic E-state index is 12.5. The zero-order chi connectivity index (χ0) is 26.1. The van der Waals surface area contributed by atoms with Gasteiger partial charge in [-0.15, -0.1) is 0 Å². The first kappa shape index (κ1) is 33.3. The molecule has 0 aromatic rings. The predicted octanol–water partition coefficient (Wildman–Crippen LogP) is 7.94. The molecular weight excluding hydrogens is 470 g/mol. The molecule has 0 spiro atoms. The summed E-state index contributed by atoms with van der Waals surface area (Å²) in [5, 5.41) is 0. The van der Waals surface area contributed by atoms with E-state index < -0.39 is 0 Å². The summed E-state index contributed by atoms with van der Waals surface area (Å²) in [5.74, 6) is 1.91. The average Bonchev–Trinajstić information content (AvgIpc) is 2.88. The van der Waals surface area contributed by atoms with Crippen LogP contribution in [0.2, 0.25) is 0 Å². The lowest BCUT2D eigenvalue weighted by molar-refractivity contribution is -0.160. The first-order valence-electron chi connectivity index (χ1n) is 15.3. The van der Waals surface area contributed by atoms with Gasteiger partial charge in [0.15, 0.2) is 0 Å². The van der Waals surface area contributed by atoms with Gasteiger partial charge in [0.1, 0.15) is 12.7 Å². The first-order valence-corrected chi connectivity index (χ1v) is 16.5. The van der Waals surface area contributed by atoms with Crippen molar-refractivity contribution in [1.82, 2.24) is 4.90 Å². The average molecular weight is 528 g/mol. The summed E-state index contributed by atoms with van der Waals surface area (Å²) >= 11 is 1.96. The topological polar surface area (TPSA) is 55.8 Å². The van der Waals surface area contributed by atoms with E-state index in [2.05, 4.69) is 18.7 Å². The van der Waals surface area contributed by atoms with Gasteiger partial charge in [-0.3, -0.25) is 14.5 Å². The van der Waals surface area contributed by atoms with Crippen molar-refractivity contribution >= 4 is 23.7 Å². The highest BCUT2D eigenvalue weighted by Crippen LogP contribution is 2.14. The van der Waals surface area contributed by atoms with Gasteiger partial charge in [0.2, 0.25) is 0 Å². The van der Waals surface area contributed by atoms with Crippen LogP contribution in [0, 0.1) is 0 Å². The summed E-state index contributed by atoms with van der Waals surface area (Å²) in [5.41, 5.74) is 0. The Bertz CT molecular complexity index is 525. The van der Waals surface area contributed by atoms with Crippen molar-refractivity contribution in [2.75, 3.05) is 37.7 Å². The number of unbranched alkanes of at least 4 members (excludes halogenated alkanes) is 15. The molecule has 1 fully saturated rings. The van der Waals surface area contributed by atoms with Crippen LogP contribution in [0.3, 0.4) is 0 Å². The smallest absolute Gasteiger partial charge is 0.306 e. The van der Waals surface area contributed by atoms with Gasteiger partial charge >= 0.3 is 11.9 Å². The maximum atomic E-state index is 12.5. The van der Waals surface area contributed by atoms with Gasteiger partial charge < -0.3 is 9.47 Å². The molecule has 1 rings (SSSR count). The maximum Gasteiger partial charge on any atom is 0.306 e. The van der Waals surface area contributed by atoms with Crippen LogP contribution in [-0.4, -0.2) is 60.7 Å². The van der Waals surface area contributed by atoms with Gasteiger partial charge in [-0.2, -0.15) is 11.8 Å². The minimum absolute atomic E-state index is 0.145. The molecule has 1 aliphatic heterocycles. The van der Waals surface area contributed by atoms with Crippen molar-refractivity contribution in [3.8, 4) is 0 Å². The van der Waals surface area contributed by atoms with E-state index in [4.69, 9.17) is 9.47 Å². The summed E-state index contributed by atoms with van der Waals surface area (Å²) in [6.07, 6.45) is 21.3. The molecule has 0 saturated carbocycles. The molecule has 1 heterocycles. The normalized spacial score (nSPS) is 15.1. The fourth-order valence-electron chi connectivity index (χ4n) is 4.68. The monoisotopic (exact) mass is 527 g/mol. The molecule has 0 N–H and O–H groups in total. The Balaban J connectivity index is 2.22. The molecule has 36 heavy (non-hydrogen) atoms. The number of carbonyl (C=O) groups is 2. The molecule has 1 unspecified atom stereocenters. The van der Waals surface area contributed by atoms with Gasteiger partial charge in [0.05, 0.1) is 0 Å². The van der Waals surface area contributed by atoms with E-state index in [0.717, 1.165) is 50.3 Å². The van der Waals surface area contributed by atoms with Gasteiger partial charge in [0.25, 0.3) is 0 Å². The van der Waals surface area contributed by atoms with Crippen molar-refractivity contribution in [2.45, 2.75) is 142 Å². The minimum Gasteiger partial charge on any atom is -0.462 e. The largest absolute Gasteiger partial charge is 0.462 e. The number of hydrogen-bond acceptors (Lipinski definition) is 6. The standard InChI is InChI=1S/C30H57NO4S/c1-3-5-7-9-11-13-15-17-19-21-30(33)35-28(26-31-22-24-36-25-23-31)27-34-29(32)20-18-16-14-12-10-8-6-4-2/h28H,3-27H2,1-2H3. The van der Waals surface area contributed by atoms with E-state index in [9.17, 15) is 9.59 Å².